The summed E-state index contributed by atoms with van der Waals surface area (Å²) in [5.41, 5.74) is 1.41. The molecule has 3 heterocycles. The molecular formula is C23H32N4O5S. The fourth-order valence-electron chi connectivity index (χ4n) is 4.64. The number of hydrogen-bond acceptors (Lipinski definition) is 6. The third-order valence-electron chi connectivity index (χ3n) is 6.58. The first kappa shape index (κ1) is 23.7. The highest BCUT2D eigenvalue weighted by molar-refractivity contribution is 7.89. The van der Waals surface area contributed by atoms with Crippen molar-refractivity contribution in [2.24, 2.45) is 5.92 Å². The Kier molecular flexibility index (Phi) is 7.33. The van der Waals surface area contributed by atoms with Crippen molar-refractivity contribution in [3.63, 3.8) is 0 Å². The minimum Gasteiger partial charge on any atom is -0.466 e. The van der Waals surface area contributed by atoms with Crippen molar-refractivity contribution >= 4 is 32.9 Å². The molecule has 2 fully saturated rings. The van der Waals surface area contributed by atoms with Gasteiger partial charge in [0.25, 0.3) is 0 Å². The molecule has 180 valence electrons. The number of hydrogen-bond donors (Lipinski definition) is 0. The first-order valence-electron chi connectivity index (χ1n) is 11.8. The van der Waals surface area contributed by atoms with E-state index < -0.39 is 10.0 Å². The smallest absolute Gasteiger partial charge is 0.309 e. The molecule has 2 aliphatic rings. The molecule has 0 aliphatic carbocycles. The lowest BCUT2D eigenvalue weighted by Crippen LogP contribution is -2.40. The van der Waals surface area contributed by atoms with Crippen LogP contribution in [0.2, 0.25) is 0 Å². The predicted octanol–water partition coefficient (Wildman–Crippen LogP) is 2.40. The number of imidazole rings is 1. The maximum absolute atomic E-state index is 12.9. The fraction of sp³-hybridized carbons (Fsp3) is 0.609. The van der Waals surface area contributed by atoms with E-state index in [1.54, 1.807) is 40.7 Å². The molecule has 2 aliphatic heterocycles. The number of ether oxygens (including phenoxy) is 1. The number of carbonyl (C=O) groups is 2. The zero-order valence-electron chi connectivity index (χ0n) is 19.1. The van der Waals surface area contributed by atoms with E-state index in [9.17, 15) is 18.0 Å². The number of fused-ring (bicyclic) bond motifs is 1. The number of carbonyl (C=O) groups excluding carboxylic acids is 2. The highest BCUT2D eigenvalue weighted by atomic mass is 32.2. The van der Waals surface area contributed by atoms with Gasteiger partial charge in [0.2, 0.25) is 15.9 Å². The Labute approximate surface area is 194 Å². The van der Waals surface area contributed by atoms with Gasteiger partial charge in [-0.2, -0.15) is 4.31 Å². The van der Waals surface area contributed by atoms with Crippen molar-refractivity contribution in [1.29, 1.82) is 0 Å². The van der Waals surface area contributed by atoms with Crippen molar-refractivity contribution in [2.45, 2.75) is 56.9 Å². The number of benzene rings is 1. The topological polar surface area (TPSA) is 102 Å². The largest absolute Gasteiger partial charge is 0.466 e. The Morgan fingerprint density at radius 2 is 1.82 bits per heavy atom. The molecule has 0 unspecified atom stereocenters. The van der Waals surface area contributed by atoms with Crippen molar-refractivity contribution in [3.8, 4) is 0 Å². The van der Waals surface area contributed by atoms with Gasteiger partial charge >= 0.3 is 5.97 Å². The van der Waals surface area contributed by atoms with Gasteiger partial charge in [0.1, 0.15) is 0 Å². The fourth-order valence-corrected chi connectivity index (χ4v) is 6.17. The molecule has 0 saturated carbocycles. The Balaban J connectivity index is 1.36. The second-order valence-corrected chi connectivity index (χ2v) is 10.6. The van der Waals surface area contributed by atoms with Crippen LogP contribution in [0.25, 0.3) is 11.0 Å². The van der Waals surface area contributed by atoms with Crippen LogP contribution in [-0.2, 0) is 30.9 Å². The van der Waals surface area contributed by atoms with E-state index >= 15 is 0 Å². The summed E-state index contributed by atoms with van der Waals surface area (Å²) in [7, 11) is -3.51. The predicted molar refractivity (Wildman–Crippen MR) is 123 cm³/mol. The molecule has 10 heteroatoms. The molecule has 0 atom stereocenters. The number of amides is 1. The molecule has 4 rings (SSSR count). The second-order valence-electron chi connectivity index (χ2n) is 8.71. The molecule has 0 radical (unpaired) electrons. The highest BCUT2D eigenvalue weighted by Gasteiger charge is 2.28. The van der Waals surface area contributed by atoms with Gasteiger partial charge < -0.3 is 14.2 Å². The number of piperidine rings is 2. The minimum absolute atomic E-state index is 0.0449. The molecular weight excluding hydrogens is 444 g/mol. The van der Waals surface area contributed by atoms with Crippen molar-refractivity contribution in [2.75, 3.05) is 32.8 Å². The lowest BCUT2D eigenvalue weighted by atomic mass is 9.97. The quantitative estimate of drug-likeness (QED) is 0.569. The Morgan fingerprint density at radius 1 is 1.09 bits per heavy atom. The number of sulfonamides is 1. The van der Waals surface area contributed by atoms with Gasteiger partial charge in [-0.15, -0.1) is 0 Å². The summed E-state index contributed by atoms with van der Waals surface area (Å²) in [5.74, 6) is -0.249. The summed E-state index contributed by atoms with van der Waals surface area (Å²) < 4.78 is 34.4. The number of likely N-dealkylation sites (tertiary alicyclic amines) is 1. The molecule has 1 aromatic heterocycles. The second kappa shape index (κ2) is 10.2. The number of aryl methyl sites for hydroxylation is 1. The summed E-state index contributed by atoms with van der Waals surface area (Å²) in [6.07, 6.45) is 6.10. The van der Waals surface area contributed by atoms with E-state index in [0.717, 1.165) is 24.8 Å². The lowest BCUT2D eigenvalue weighted by molar-refractivity contribution is -0.151. The summed E-state index contributed by atoms with van der Waals surface area (Å²) in [6, 6.07) is 5.03. The molecule has 0 bridgehead atoms. The van der Waals surface area contributed by atoms with E-state index in [4.69, 9.17) is 4.74 Å². The molecule has 2 aromatic rings. The summed E-state index contributed by atoms with van der Waals surface area (Å²) in [6.45, 7) is 4.88. The third-order valence-corrected chi connectivity index (χ3v) is 8.47. The van der Waals surface area contributed by atoms with Crippen LogP contribution in [0.3, 0.4) is 0 Å². The molecule has 1 amide bonds. The van der Waals surface area contributed by atoms with Crippen LogP contribution in [0.4, 0.5) is 0 Å². The van der Waals surface area contributed by atoms with Gasteiger partial charge in [-0.25, -0.2) is 13.4 Å². The number of rotatable bonds is 7. The molecule has 0 spiro atoms. The molecule has 2 saturated heterocycles. The SMILES string of the molecule is CCOC(=O)C1CCN(C(=O)CCn2cnc3cc(S(=O)(=O)N4CCCCC4)ccc32)CC1. The molecule has 33 heavy (non-hydrogen) atoms. The van der Waals surface area contributed by atoms with E-state index in [1.165, 1.54) is 0 Å². The monoisotopic (exact) mass is 476 g/mol. The van der Waals surface area contributed by atoms with Gasteiger partial charge in [-0.1, -0.05) is 6.42 Å². The Morgan fingerprint density at radius 3 is 2.52 bits per heavy atom. The van der Waals surface area contributed by atoms with Crippen LogP contribution in [0, 0.1) is 5.92 Å². The van der Waals surface area contributed by atoms with E-state index in [0.29, 0.717) is 64.1 Å². The van der Waals surface area contributed by atoms with Gasteiger partial charge in [-0.3, -0.25) is 9.59 Å². The van der Waals surface area contributed by atoms with E-state index in [1.807, 2.05) is 4.57 Å². The van der Waals surface area contributed by atoms with Gasteiger partial charge in [0, 0.05) is 39.1 Å². The van der Waals surface area contributed by atoms with Crippen LogP contribution >= 0.6 is 0 Å². The van der Waals surface area contributed by atoms with Crippen LogP contribution in [0.5, 0.6) is 0 Å². The first-order valence-corrected chi connectivity index (χ1v) is 13.2. The van der Waals surface area contributed by atoms with Gasteiger partial charge in [-0.05, 0) is 50.8 Å². The van der Waals surface area contributed by atoms with Gasteiger partial charge in [0.15, 0.2) is 0 Å². The van der Waals surface area contributed by atoms with Crippen LogP contribution in [0.15, 0.2) is 29.4 Å². The molecule has 0 N–H and O–H groups in total. The minimum atomic E-state index is -3.51. The molecule has 1 aromatic carbocycles. The van der Waals surface area contributed by atoms with Crippen LogP contribution in [0.1, 0.15) is 45.4 Å². The normalized spacial score (nSPS) is 18.5. The lowest BCUT2D eigenvalue weighted by Gasteiger charge is -2.31. The number of aromatic nitrogens is 2. The highest BCUT2D eigenvalue weighted by Crippen LogP contribution is 2.24. The zero-order valence-corrected chi connectivity index (χ0v) is 19.9. The number of esters is 1. The number of nitrogens with zero attached hydrogens (tertiary/aromatic N) is 4. The summed E-state index contributed by atoms with van der Waals surface area (Å²) in [4.78, 5) is 31.0. The zero-order chi connectivity index (χ0) is 23.4. The maximum atomic E-state index is 12.9. The van der Waals surface area contributed by atoms with E-state index in [-0.39, 0.29) is 22.7 Å². The average Bonchev–Trinajstić information content (AvgIpc) is 3.25. The van der Waals surface area contributed by atoms with E-state index in [2.05, 4.69) is 4.98 Å². The summed E-state index contributed by atoms with van der Waals surface area (Å²) >= 11 is 0. The van der Waals surface area contributed by atoms with Crippen molar-refractivity contribution in [3.05, 3.63) is 24.5 Å². The molecule has 9 nitrogen and oxygen atoms in total. The standard InChI is InChI=1S/C23H32N4O5S/c1-2-32-23(29)18-8-13-25(14-9-18)22(28)10-15-26-17-24-20-16-19(6-7-21(20)26)33(30,31)27-11-4-3-5-12-27/h6-7,16-18H,2-5,8-15H2,1H3. The third kappa shape index (κ3) is 5.22. The Hall–Kier alpha value is -2.46. The van der Waals surface area contributed by atoms with Crippen molar-refractivity contribution < 1.29 is 22.7 Å². The van der Waals surface area contributed by atoms with Crippen LogP contribution < -0.4 is 0 Å². The van der Waals surface area contributed by atoms with Crippen molar-refractivity contribution in [1.82, 2.24) is 18.8 Å². The Bertz CT molecular complexity index is 1100. The average molecular weight is 477 g/mol. The summed E-state index contributed by atoms with van der Waals surface area (Å²) in [5, 5.41) is 0. The first-order chi connectivity index (χ1) is 15.9. The van der Waals surface area contributed by atoms with Gasteiger partial charge in [0.05, 0.1) is 34.8 Å². The maximum Gasteiger partial charge on any atom is 0.309 e. The van der Waals surface area contributed by atoms with Crippen LogP contribution in [-0.4, -0.2) is 71.8 Å².